The molecule has 0 aliphatic rings. The van der Waals surface area contributed by atoms with E-state index in [-0.39, 0.29) is 11.9 Å². The lowest BCUT2D eigenvalue weighted by Gasteiger charge is -2.16. The molecule has 24 heavy (non-hydrogen) atoms. The van der Waals surface area contributed by atoms with E-state index in [4.69, 9.17) is 0 Å². The summed E-state index contributed by atoms with van der Waals surface area (Å²) in [6, 6.07) is 7.96. The topological polar surface area (TPSA) is 66.9 Å². The normalized spacial score (nSPS) is 11.0. The van der Waals surface area contributed by atoms with Crippen LogP contribution in [0.5, 0.6) is 0 Å². The van der Waals surface area contributed by atoms with Gasteiger partial charge in [0.25, 0.3) is 5.91 Å². The minimum atomic E-state index is -0.219. The third kappa shape index (κ3) is 4.31. The maximum atomic E-state index is 12.7. The lowest BCUT2D eigenvalue weighted by molar-refractivity contribution is 0.102. The first-order chi connectivity index (χ1) is 11.3. The number of aryl methyl sites for hydroxylation is 2. The molecule has 1 heterocycles. The van der Waals surface area contributed by atoms with E-state index in [9.17, 15) is 4.79 Å². The molecule has 5 heteroatoms. The van der Waals surface area contributed by atoms with Crippen LogP contribution in [0.1, 0.15) is 60.9 Å². The predicted molar refractivity (Wildman–Crippen MR) is 98.7 cm³/mol. The van der Waals surface area contributed by atoms with Gasteiger partial charge in [0.1, 0.15) is 5.69 Å². The van der Waals surface area contributed by atoms with Gasteiger partial charge in [0.2, 0.25) is 5.95 Å². The second-order valence-electron chi connectivity index (χ2n) is 6.67. The van der Waals surface area contributed by atoms with Gasteiger partial charge in [-0.05, 0) is 50.8 Å². The van der Waals surface area contributed by atoms with Gasteiger partial charge in [-0.3, -0.25) is 4.79 Å². The van der Waals surface area contributed by atoms with Crippen molar-refractivity contribution in [2.24, 2.45) is 0 Å². The summed E-state index contributed by atoms with van der Waals surface area (Å²) >= 11 is 0. The fourth-order valence-corrected chi connectivity index (χ4v) is 2.53. The number of hydrogen-bond acceptors (Lipinski definition) is 4. The number of benzene rings is 1. The number of rotatable bonds is 5. The van der Waals surface area contributed by atoms with Crippen LogP contribution in [0, 0.1) is 13.8 Å². The molecule has 0 bridgehead atoms. The molecule has 128 valence electrons. The summed E-state index contributed by atoms with van der Waals surface area (Å²) in [6.45, 7) is 12.1. The number of hydrogen-bond donors (Lipinski definition) is 2. The number of para-hydroxylation sites is 1. The van der Waals surface area contributed by atoms with Crippen LogP contribution in [0.25, 0.3) is 0 Å². The molecule has 5 nitrogen and oxygen atoms in total. The molecular formula is C19H26N4O. The summed E-state index contributed by atoms with van der Waals surface area (Å²) in [7, 11) is 0. The molecule has 0 aliphatic heterocycles. The number of aromatic nitrogens is 2. The minimum absolute atomic E-state index is 0.201. The summed E-state index contributed by atoms with van der Waals surface area (Å²) in [6.07, 6.45) is 0. The Hall–Kier alpha value is -2.43. The number of carbonyl (C=O) groups is 1. The second kappa shape index (κ2) is 7.43. The monoisotopic (exact) mass is 326 g/mol. The molecule has 1 aromatic carbocycles. The first kappa shape index (κ1) is 17.9. The van der Waals surface area contributed by atoms with Crippen molar-refractivity contribution in [2.75, 3.05) is 10.6 Å². The predicted octanol–water partition coefficient (Wildman–Crippen LogP) is 4.29. The van der Waals surface area contributed by atoms with Crippen LogP contribution in [-0.2, 0) is 0 Å². The van der Waals surface area contributed by atoms with E-state index < -0.39 is 0 Å². The number of anilines is 2. The Kier molecular flexibility index (Phi) is 5.54. The van der Waals surface area contributed by atoms with Crippen LogP contribution < -0.4 is 10.6 Å². The van der Waals surface area contributed by atoms with Crippen molar-refractivity contribution in [3.05, 3.63) is 46.8 Å². The van der Waals surface area contributed by atoms with E-state index in [0.717, 1.165) is 22.5 Å². The van der Waals surface area contributed by atoms with Crippen molar-refractivity contribution >= 4 is 17.5 Å². The first-order valence-electron chi connectivity index (χ1n) is 8.31. The van der Waals surface area contributed by atoms with E-state index in [0.29, 0.717) is 17.6 Å². The maximum Gasteiger partial charge on any atom is 0.274 e. The third-order valence-corrected chi connectivity index (χ3v) is 3.67. The molecule has 2 rings (SSSR count). The standard InChI is InChI=1S/C19H26N4O/c1-11(2)15-9-7-8-13(5)17(15)23-18(24)16-10-14(6)21-19(22-16)20-12(3)4/h7-12H,1-6H3,(H,23,24)(H,20,21,22). The van der Waals surface area contributed by atoms with Gasteiger partial charge in [-0.15, -0.1) is 0 Å². The Morgan fingerprint density at radius 2 is 1.79 bits per heavy atom. The molecule has 2 N–H and O–H groups in total. The zero-order chi connectivity index (χ0) is 17.9. The van der Waals surface area contributed by atoms with Crippen molar-refractivity contribution in [1.29, 1.82) is 0 Å². The first-order valence-corrected chi connectivity index (χ1v) is 8.31. The zero-order valence-electron chi connectivity index (χ0n) is 15.3. The maximum absolute atomic E-state index is 12.7. The van der Waals surface area contributed by atoms with Gasteiger partial charge in [-0.2, -0.15) is 0 Å². The lowest BCUT2D eigenvalue weighted by Crippen LogP contribution is -2.19. The van der Waals surface area contributed by atoms with Crippen LogP contribution in [0.15, 0.2) is 24.3 Å². The highest BCUT2D eigenvalue weighted by molar-refractivity contribution is 6.04. The Morgan fingerprint density at radius 1 is 1.08 bits per heavy atom. The Labute approximate surface area is 143 Å². The Morgan fingerprint density at radius 3 is 2.42 bits per heavy atom. The SMILES string of the molecule is Cc1cc(C(=O)Nc2c(C)cccc2C(C)C)nc(NC(C)C)n1. The molecule has 1 amide bonds. The van der Waals surface area contributed by atoms with Gasteiger partial charge < -0.3 is 10.6 Å². The Balaban J connectivity index is 2.33. The van der Waals surface area contributed by atoms with Gasteiger partial charge in [0, 0.05) is 17.4 Å². The molecule has 0 radical (unpaired) electrons. The quantitative estimate of drug-likeness (QED) is 0.860. The lowest BCUT2D eigenvalue weighted by atomic mass is 9.98. The van der Waals surface area contributed by atoms with Crippen LogP contribution in [0.3, 0.4) is 0 Å². The zero-order valence-corrected chi connectivity index (χ0v) is 15.3. The summed E-state index contributed by atoms with van der Waals surface area (Å²) in [5.74, 6) is 0.582. The average Bonchev–Trinajstić information content (AvgIpc) is 2.47. The molecular weight excluding hydrogens is 300 g/mol. The van der Waals surface area contributed by atoms with Crippen LogP contribution in [-0.4, -0.2) is 21.9 Å². The van der Waals surface area contributed by atoms with Crippen molar-refractivity contribution < 1.29 is 4.79 Å². The minimum Gasteiger partial charge on any atom is -0.352 e. The Bertz CT molecular complexity index is 738. The number of amides is 1. The van der Waals surface area contributed by atoms with Gasteiger partial charge >= 0.3 is 0 Å². The highest BCUT2D eigenvalue weighted by Gasteiger charge is 2.15. The average molecular weight is 326 g/mol. The smallest absolute Gasteiger partial charge is 0.274 e. The summed E-state index contributed by atoms with van der Waals surface area (Å²) in [5.41, 5.74) is 4.15. The largest absolute Gasteiger partial charge is 0.352 e. The van der Waals surface area contributed by atoms with Gasteiger partial charge in [-0.25, -0.2) is 9.97 Å². The van der Waals surface area contributed by atoms with Crippen molar-refractivity contribution in [1.82, 2.24) is 9.97 Å². The van der Waals surface area contributed by atoms with E-state index in [1.165, 1.54) is 0 Å². The molecule has 0 unspecified atom stereocenters. The van der Waals surface area contributed by atoms with Gasteiger partial charge in [0.05, 0.1) is 0 Å². The number of nitrogens with zero attached hydrogens (tertiary/aromatic N) is 2. The fraction of sp³-hybridized carbons (Fsp3) is 0.421. The molecule has 1 aromatic heterocycles. The summed E-state index contributed by atoms with van der Waals surface area (Å²) in [4.78, 5) is 21.4. The molecule has 0 spiro atoms. The van der Waals surface area contributed by atoms with Crippen molar-refractivity contribution in [2.45, 2.75) is 53.5 Å². The van der Waals surface area contributed by atoms with Crippen LogP contribution in [0.2, 0.25) is 0 Å². The third-order valence-electron chi connectivity index (χ3n) is 3.67. The molecule has 0 atom stereocenters. The van der Waals surface area contributed by atoms with Crippen LogP contribution in [0.4, 0.5) is 11.6 Å². The molecule has 0 aliphatic carbocycles. The highest BCUT2D eigenvalue weighted by Crippen LogP contribution is 2.27. The summed E-state index contributed by atoms with van der Waals surface area (Å²) < 4.78 is 0. The van der Waals surface area contributed by atoms with Gasteiger partial charge in [0.15, 0.2) is 0 Å². The van der Waals surface area contributed by atoms with E-state index >= 15 is 0 Å². The molecule has 2 aromatic rings. The number of nitrogens with one attached hydrogen (secondary N) is 2. The van der Waals surface area contributed by atoms with Crippen molar-refractivity contribution in [3.8, 4) is 0 Å². The second-order valence-corrected chi connectivity index (χ2v) is 6.67. The van der Waals surface area contributed by atoms with E-state index in [1.54, 1.807) is 6.07 Å². The van der Waals surface area contributed by atoms with Crippen LogP contribution >= 0.6 is 0 Å². The molecule has 0 saturated carbocycles. The molecule has 0 fully saturated rings. The van der Waals surface area contributed by atoms with Crippen molar-refractivity contribution in [3.63, 3.8) is 0 Å². The summed E-state index contributed by atoms with van der Waals surface area (Å²) in [5, 5.41) is 6.17. The van der Waals surface area contributed by atoms with E-state index in [2.05, 4.69) is 34.4 Å². The number of carbonyl (C=O) groups excluding carboxylic acids is 1. The van der Waals surface area contributed by atoms with Gasteiger partial charge in [-0.1, -0.05) is 32.0 Å². The highest BCUT2D eigenvalue weighted by atomic mass is 16.1. The molecule has 0 saturated heterocycles. The fourth-order valence-electron chi connectivity index (χ4n) is 2.53. The van der Waals surface area contributed by atoms with E-state index in [1.807, 2.05) is 45.9 Å².